The van der Waals surface area contributed by atoms with Crippen molar-refractivity contribution in [1.82, 2.24) is 0 Å². The second kappa shape index (κ2) is 9.00. The summed E-state index contributed by atoms with van der Waals surface area (Å²) >= 11 is 0. The van der Waals surface area contributed by atoms with Gasteiger partial charge in [0.1, 0.15) is 6.10 Å². The van der Waals surface area contributed by atoms with E-state index in [9.17, 15) is 19.5 Å². The zero-order valence-corrected chi connectivity index (χ0v) is 23.6. The molecule has 7 heteroatoms. The van der Waals surface area contributed by atoms with Gasteiger partial charge in [-0.1, -0.05) is 44.2 Å². The smallest absolute Gasteiger partial charge is 0.306 e. The molecular formula is C32H40O7. The Morgan fingerprint density at radius 3 is 2.41 bits per heavy atom. The molecule has 6 rings (SSSR count). The van der Waals surface area contributed by atoms with Gasteiger partial charge in [0.15, 0.2) is 11.9 Å². The molecular weight excluding hydrogens is 496 g/mol. The number of fused-ring (bicyclic) bond motifs is 4. The molecule has 1 aliphatic heterocycles. The lowest BCUT2D eigenvalue weighted by Crippen LogP contribution is -2.66. The molecule has 3 saturated carbocycles. The molecule has 0 radical (unpaired) electrons. The quantitative estimate of drug-likeness (QED) is 0.445. The number of aliphatic hydroxyl groups excluding tert-OH is 1. The maximum atomic E-state index is 14.5. The monoisotopic (exact) mass is 536 g/mol. The summed E-state index contributed by atoms with van der Waals surface area (Å²) in [6.45, 7) is 9.99. The van der Waals surface area contributed by atoms with E-state index in [-0.39, 0.29) is 47.4 Å². The predicted molar refractivity (Wildman–Crippen MR) is 142 cm³/mol. The fraction of sp³-hybridized carbons (Fsp3) is 0.656. The molecule has 2 bridgehead atoms. The number of hydrogen-bond donors (Lipinski definition) is 1. The largest absolute Gasteiger partial charge is 0.457 e. The fourth-order valence-electron chi connectivity index (χ4n) is 8.86. The summed E-state index contributed by atoms with van der Waals surface area (Å²) in [5.41, 5.74) is 0.907. The van der Waals surface area contributed by atoms with Crippen LogP contribution in [0.2, 0.25) is 0 Å². The second-order valence-electron chi connectivity index (χ2n) is 13.3. The third kappa shape index (κ3) is 3.79. The minimum Gasteiger partial charge on any atom is -0.457 e. The Morgan fingerprint density at radius 1 is 1.08 bits per heavy atom. The van der Waals surface area contributed by atoms with Crippen LogP contribution in [0.3, 0.4) is 0 Å². The summed E-state index contributed by atoms with van der Waals surface area (Å²) in [7, 11) is 0. The van der Waals surface area contributed by atoms with Gasteiger partial charge in [0.05, 0.1) is 24.2 Å². The summed E-state index contributed by atoms with van der Waals surface area (Å²) in [4.78, 5) is 40.0. The number of carbonyl (C=O) groups is 3. The van der Waals surface area contributed by atoms with E-state index in [4.69, 9.17) is 14.2 Å². The lowest BCUT2D eigenvalue weighted by molar-refractivity contribution is -0.233. The number of ketones is 1. The van der Waals surface area contributed by atoms with E-state index in [1.807, 2.05) is 44.2 Å². The lowest BCUT2D eigenvalue weighted by atomic mass is 9.47. The number of carbonyl (C=O) groups excluding carboxylic acids is 3. The first-order valence-corrected chi connectivity index (χ1v) is 14.4. The zero-order valence-electron chi connectivity index (χ0n) is 23.6. The Morgan fingerprint density at radius 2 is 1.77 bits per heavy atom. The molecule has 0 amide bonds. The Kier molecular flexibility index (Phi) is 6.16. The van der Waals surface area contributed by atoms with E-state index < -0.39 is 35.1 Å². The Balaban J connectivity index is 1.40. The molecule has 4 aliphatic carbocycles. The first-order chi connectivity index (χ1) is 18.4. The number of benzene rings is 1. The van der Waals surface area contributed by atoms with Crippen molar-refractivity contribution in [3.05, 3.63) is 47.0 Å². The number of aliphatic hydroxyl groups is 1. The Labute approximate surface area is 230 Å². The number of hydrogen-bond acceptors (Lipinski definition) is 7. The summed E-state index contributed by atoms with van der Waals surface area (Å²) < 4.78 is 17.9. The van der Waals surface area contributed by atoms with Crippen molar-refractivity contribution in [2.75, 3.05) is 6.61 Å². The van der Waals surface area contributed by atoms with Crippen molar-refractivity contribution >= 4 is 17.7 Å². The van der Waals surface area contributed by atoms with E-state index in [0.29, 0.717) is 19.4 Å². The highest BCUT2D eigenvalue weighted by Gasteiger charge is 2.75. The maximum absolute atomic E-state index is 14.5. The maximum Gasteiger partial charge on any atom is 0.306 e. The van der Waals surface area contributed by atoms with Gasteiger partial charge in [-0.15, -0.1) is 0 Å². The first kappa shape index (κ1) is 26.7. The van der Waals surface area contributed by atoms with Gasteiger partial charge in [-0.05, 0) is 66.6 Å². The average Bonchev–Trinajstić information content (AvgIpc) is 3.61. The minimum absolute atomic E-state index is 0.0545. The van der Waals surface area contributed by atoms with Crippen molar-refractivity contribution in [2.45, 2.75) is 91.1 Å². The molecule has 9 atom stereocenters. The normalized spacial score (nSPS) is 41.6. The fourth-order valence-corrected chi connectivity index (χ4v) is 8.86. The van der Waals surface area contributed by atoms with E-state index in [1.54, 1.807) is 0 Å². The molecule has 1 saturated heterocycles. The van der Waals surface area contributed by atoms with Crippen LogP contribution in [-0.4, -0.2) is 53.9 Å². The van der Waals surface area contributed by atoms with Gasteiger partial charge in [-0.3, -0.25) is 14.4 Å². The summed E-state index contributed by atoms with van der Waals surface area (Å²) in [5.74, 6) is -0.863. The van der Waals surface area contributed by atoms with Gasteiger partial charge in [-0.25, -0.2) is 0 Å². The molecule has 5 aliphatic rings. The van der Waals surface area contributed by atoms with Crippen LogP contribution in [0.25, 0.3) is 0 Å². The molecule has 1 aromatic carbocycles. The Hall–Kier alpha value is -2.51. The molecule has 210 valence electrons. The van der Waals surface area contributed by atoms with Crippen LogP contribution in [0, 0.1) is 34.0 Å². The lowest BCUT2D eigenvalue weighted by Gasteiger charge is -2.60. The summed E-state index contributed by atoms with van der Waals surface area (Å²) in [5, 5.41) is 11.4. The van der Waals surface area contributed by atoms with Crippen LogP contribution in [0.1, 0.15) is 65.9 Å². The van der Waals surface area contributed by atoms with E-state index in [1.165, 1.54) is 6.92 Å². The van der Waals surface area contributed by atoms with Gasteiger partial charge in [0, 0.05) is 31.6 Å². The Bertz CT molecular complexity index is 1230. The molecule has 1 heterocycles. The van der Waals surface area contributed by atoms with Crippen LogP contribution in [0.4, 0.5) is 0 Å². The SMILES string of the molecule is CC(=O)OC1C(=O)[C@]2(C)C(O)CC3OCC3C2C[C@]23CC2C(OC(=O)CCc2ccccc2)C(C)=C1C3(C)C. The third-order valence-electron chi connectivity index (χ3n) is 11.3. The summed E-state index contributed by atoms with van der Waals surface area (Å²) in [6, 6.07) is 9.87. The van der Waals surface area contributed by atoms with Crippen LogP contribution >= 0.6 is 0 Å². The van der Waals surface area contributed by atoms with Crippen LogP contribution < -0.4 is 0 Å². The molecule has 1 aromatic rings. The minimum atomic E-state index is -1.12. The topological polar surface area (TPSA) is 99.1 Å². The molecule has 1 N–H and O–H groups in total. The van der Waals surface area contributed by atoms with Crippen LogP contribution in [0.5, 0.6) is 0 Å². The van der Waals surface area contributed by atoms with E-state index in [0.717, 1.165) is 29.6 Å². The molecule has 7 unspecified atom stereocenters. The van der Waals surface area contributed by atoms with Crippen molar-refractivity contribution in [1.29, 1.82) is 0 Å². The molecule has 4 fully saturated rings. The van der Waals surface area contributed by atoms with E-state index >= 15 is 0 Å². The summed E-state index contributed by atoms with van der Waals surface area (Å²) in [6.07, 6.45) is 0.366. The van der Waals surface area contributed by atoms with Gasteiger partial charge in [-0.2, -0.15) is 0 Å². The standard InChI is InChI=1S/C32H40O7/c1-17-26-28(38-18(2)33)29(36)31(5)21(20-16-37-23(20)13-24(31)34)14-32(30(26,3)4)15-22(32)27(17)39-25(35)12-11-19-9-7-6-8-10-19/h6-10,20-24,27-28,34H,11-16H2,1-5H3/t20?,21?,22?,23?,24?,27?,28?,31-,32-/m0/s1. The number of ether oxygens (including phenoxy) is 3. The highest BCUT2D eigenvalue weighted by atomic mass is 16.6. The molecule has 7 nitrogen and oxygen atoms in total. The number of esters is 2. The van der Waals surface area contributed by atoms with Gasteiger partial charge in [0.25, 0.3) is 0 Å². The number of rotatable bonds is 5. The van der Waals surface area contributed by atoms with Crippen LogP contribution in [-0.2, 0) is 35.0 Å². The zero-order chi connectivity index (χ0) is 27.9. The molecule has 1 spiro atoms. The first-order valence-electron chi connectivity index (χ1n) is 14.4. The number of Topliss-reactive ketones (excluding diaryl/α,β-unsaturated/α-hetero) is 1. The van der Waals surface area contributed by atoms with Crippen molar-refractivity contribution in [2.24, 2.45) is 34.0 Å². The van der Waals surface area contributed by atoms with Gasteiger partial charge >= 0.3 is 11.9 Å². The second-order valence-corrected chi connectivity index (χ2v) is 13.3. The molecule has 39 heavy (non-hydrogen) atoms. The average molecular weight is 537 g/mol. The van der Waals surface area contributed by atoms with Crippen molar-refractivity contribution in [3.63, 3.8) is 0 Å². The highest BCUT2D eigenvalue weighted by Crippen LogP contribution is 2.77. The number of aryl methyl sites for hydroxylation is 1. The van der Waals surface area contributed by atoms with Crippen molar-refractivity contribution in [3.8, 4) is 0 Å². The van der Waals surface area contributed by atoms with Crippen molar-refractivity contribution < 1.29 is 33.7 Å². The van der Waals surface area contributed by atoms with Gasteiger partial charge in [0.2, 0.25) is 0 Å². The van der Waals surface area contributed by atoms with E-state index in [2.05, 4.69) is 13.8 Å². The highest BCUT2D eigenvalue weighted by molar-refractivity contribution is 5.94. The van der Waals surface area contributed by atoms with Crippen LogP contribution in [0.15, 0.2) is 41.5 Å². The molecule has 0 aromatic heterocycles. The predicted octanol–water partition coefficient (Wildman–Crippen LogP) is 4.20. The third-order valence-corrected chi connectivity index (χ3v) is 11.3. The van der Waals surface area contributed by atoms with Gasteiger partial charge < -0.3 is 19.3 Å².